The molecule has 2 rings (SSSR count). The minimum atomic E-state index is -2.26. The Morgan fingerprint density at radius 3 is 1.91 bits per heavy atom. The van der Waals surface area contributed by atoms with Crippen LogP contribution in [0.2, 0.25) is 0 Å². The van der Waals surface area contributed by atoms with Gasteiger partial charge in [0, 0.05) is 5.56 Å². The second-order valence-electron chi connectivity index (χ2n) is 4.55. The normalized spacial score (nSPS) is 11.0. The fraction of sp³-hybridized carbons (Fsp3) is 0.0667. The van der Waals surface area contributed by atoms with Crippen LogP contribution in [-0.2, 0) is 0 Å². The first-order chi connectivity index (χ1) is 10.8. The molecule has 0 radical (unpaired) electrons. The molecule has 23 heavy (non-hydrogen) atoms. The highest BCUT2D eigenvalue weighted by molar-refractivity contribution is 5.94. The molecule has 0 unspecified atom stereocenters. The van der Waals surface area contributed by atoms with E-state index in [2.05, 4.69) is 5.10 Å². The number of aryl methyl sites for hydroxylation is 1. The van der Waals surface area contributed by atoms with Crippen molar-refractivity contribution in [1.29, 1.82) is 0 Å². The number of halogens is 5. The van der Waals surface area contributed by atoms with Gasteiger partial charge in [-0.15, -0.1) is 0 Å². The lowest BCUT2D eigenvalue weighted by molar-refractivity contribution is 0.0955. The summed E-state index contributed by atoms with van der Waals surface area (Å²) < 4.78 is 65.6. The van der Waals surface area contributed by atoms with Crippen LogP contribution >= 0.6 is 0 Å². The molecule has 0 bridgehead atoms. The first-order valence-electron chi connectivity index (χ1n) is 6.24. The molecule has 0 saturated carbocycles. The monoisotopic (exact) mass is 328 g/mol. The number of benzene rings is 2. The molecule has 0 aliphatic rings. The van der Waals surface area contributed by atoms with Crippen LogP contribution in [0.4, 0.5) is 22.0 Å². The van der Waals surface area contributed by atoms with E-state index in [-0.39, 0.29) is 5.56 Å². The van der Waals surface area contributed by atoms with Crippen molar-refractivity contribution in [2.45, 2.75) is 6.92 Å². The van der Waals surface area contributed by atoms with Crippen LogP contribution in [0.3, 0.4) is 0 Å². The van der Waals surface area contributed by atoms with E-state index in [1.807, 2.05) is 12.3 Å². The van der Waals surface area contributed by atoms with Gasteiger partial charge in [-0.05, 0) is 19.1 Å². The number of hydrogen-bond donors (Lipinski definition) is 1. The zero-order chi connectivity index (χ0) is 17.1. The molecule has 0 atom stereocenters. The molecular weight excluding hydrogens is 319 g/mol. The summed E-state index contributed by atoms with van der Waals surface area (Å²) in [5, 5.41) is 3.21. The van der Waals surface area contributed by atoms with Crippen LogP contribution in [0, 0.1) is 36.0 Å². The van der Waals surface area contributed by atoms with Crippen molar-refractivity contribution in [3.8, 4) is 0 Å². The third kappa shape index (κ3) is 3.36. The number of nitrogens with one attached hydrogen (secondary N) is 1. The van der Waals surface area contributed by atoms with Crippen LogP contribution in [0.1, 0.15) is 21.5 Å². The Kier molecular flexibility index (Phi) is 4.73. The topological polar surface area (TPSA) is 41.5 Å². The van der Waals surface area contributed by atoms with Crippen molar-refractivity contribution in [2.75, 3.05) is 0 Å². The maximum Gasteiger partial charge on any atom is 0.271 e. The summed E-state index contributed by atoms with van der Waals surface area (Å²) in [5.74, 6) is -11.2. The van der Waals surface area contributed by atoms with Gasteiger partial charge in [0.15, 0.2) is 23.3 Å². The zero-order valence-corrected chi connectivity index (χ0v) is 11.6. The van der Waals surface area contributed by atoms with Gasteiger partial charge in [0.2, 0.25) is 5.82 Å². The van der Waals surface area contributed by atoms with Gasteiger partial charge in [-0.25, -0.2) is 27.4 Å². The van der Waals surface area contributed by atoms with E-state index in [9.17, 15) is 26.7 Å². The van der Waals surface area contributed by atoms with Crippen molar-refractivity contribution in [1.82, 2.24) is 5.43 Å². The Hall–Kier alpha value is -2.77. The molecule has 1 amide bonds. The van der Waals surface area contributed by atoms with Gasteiger partial charge >= 0.3 is 0 Å². The average Bonchev–Trinajstić information content (AvgIpc) is 2.54. The summed E-state index contributed by atoms with van der Waals surface area (Å²) in [7, 11) is 0. The van der Waals surface area contributed by atoms with Crippen LogP contribution in [0.25, 0.3) is 0 Å². The quantitative estimate of drug-likeness (QED) is 0.303. The van der Waals surface area contributed by atoms with Gasteiger partial charge in [-0.1, -0.05) is 17.7 Å². The standard InChI is InChI=1S/C15H9F5N2O/c1-7-2-4-8(5-3-7)15(23)22-21-6-9-10(16)12(18)14(20)13(19)11(9)17/h2-6H,1H3,(H,22,23)/b21-6-. The van der Waals surface area contributed by atoms with Gasteiger partial charge in [0.25, 0.3) is 5.91 Å². The van der Waals surface area contributed by atoms with E-state index >= 15 is 0 Å². The molecule has 0 aromatic heterocycles. The minimum absolute atomic E-state index is 0.213. The smallest absolute Gasteiger partial charge is 0.267 e. The Balaban J connectivity index is 2.21. The molecule has 0 saturated heterocycles. The molecule has 120 valence electrons. The summed E-state index contributed by atoms with van der Waals surface area (Å²) >= 11 is 0. The predicted molar refractivity (Wildman–Crippen MR) is 72.5 cm³/mol. The summed E-state index contributed by atoms with van der Waals surface area (Å²) in [6.45, 7) is 1.81. The van der Waals surface area contributed by atoms with E-state index in [1.54, 1.807) is 12.1 Å². The highest BCUT2D eigenvalue weighted by Gasteiger charge is 2.24. The highest BCUT2D eigenvalue weighted by atomic mass is 19.2. The zero-order valence-electron chi connectivity index (χ0n) is 11.6. The fourth-order valence-corrected chi connectivity index (χ4v) is 1.66. The lowest BCUT2D eigenvalue weighted by Crippen LogP contribution is -2.18. The number of carbonyl (C=O) groups is 1. The number of hydrogen-bond acceptors (Lipinski definition) is 2. The van der Waals surface area contributed by atoms with Gasteiger partial charge in [0.1, 0.15) is 0 Å². The first-order valence-corrected chi connectivity index (χ1v) is 6.24. The Labute approximate surface area is 127 Å². The van der Waals surface area contributed by atoms with E-state index < -0.39 is 40.6 Å². The maximum absolute atomic E-state index is 13.4. The third-order valence-electron chi connectivity index (χ3n) is 2.92. The molecule has 2 aromatic carbocycles. The molecule has 1 N–H and O–H groups in total. The van der Waals surface area contributed by atoms with Crippen molar-refractivity contribution < 1.29 is 26.7 Å². The summed E-state index contributed by atoms with van der Waals surface area (Å²) in [6.07, 6.45) is 0.350. The van der Waals surface area contributed by atoms with E-state index in [0.29, 0.717) is 6.21 Å². The number of hydrazone groups is 1. The second kappa shape index (κ2) is 6.55. The minimum Gasteiger partial charge on any atom is -0.267 e. The highest BCUT2D eigenvalue weighted by Crippen LogP contribution is 2.21. The Morgan fingerprint density at radius 1 is 0.913 bits per heavy atom. The maximum atomic E-state index is 13.4. The van der Waals surface area contributed by atoms with Crippen molar-refractivity contribution in [3.63, 3.8) is 0 Å². The molecular formula is C15H9F5N2O. The Bertz CT molecular complexity index is 758. The number of carbonyl (C=O) groups excluding carboxylic acids is 1. The van der Waals surface area contributed by atoms with Gasteiger partial charge in [0.05, 0.1) is 11.8 Å². The molecule has 0 aliphatic heterocycles. The first kappa shape index (κ1) is 16.6. The number of amides is 1. The van der Waals surface area contributed by atoms with Crippen LogP contribution in [-0.4, -0.2) is 12.1 Å². The van der Waals surface area contributed by atoms with Crippen molar-refractivity contribution >= 4 is 12.1 Å². The largest absolute Gasteiger partial charge is 0.271 e. The SMILES string of the molecule is Cc1ccc(C(=O)N/N=C\c2c(F)c(F)c(F)c(F)c2F)cc1. The van der Waals surface area contributed by atoms with Crippen molar-refractivity contribution in [3.05, 3.63) is 70.0 Å². The van der Waals surface area contributed by atoms with Crippen LogP contribution in [0.5, 0.6) is 0 Å². The molecule has 0 spiro atoms. The van der Waals surface area contributed by atoms with E-state index in [4.69, 9.17) is 0 Å². The lowest BCUT2D eigenvalue weighted by atomic mass is 10.1. The fourth-order valence-electron chi connectivity index (χ4n) is 1.66. The second-order valence-corrected chi connectivity index (χ2v) is 4.55. The summed E-state index contributed by atoms with van der Waals surface area (Å²) in [6, 6.07) is 6.28. The Morgan fingerprint density at radius 2 is 1.39 bits per heavy atom. The van der Waals surface area contributed by atoms with Gasteiger partial charge in [-0.3, -0.25) is 4.79 Å². The molecule has 0 heterocycles. The molecule has 2 aromatic rings. The van der Waals surface area contributed by atoms with E-state index in [1.165, 1.54) is 12.1 Å². The van der Waals surface area contributed by atoms with Crippen LogP contribution in [0.15, 0.2) is 29.4 Å². The van der Waals surface area contributed by atoms with Crippen molar-refractivity contribution in [2.24, 2.45) is 5.10 Å². The molecule has 0 aliphatic carbocycles. The summed E-state index contributed by atoms with van der Waals surface area (Å²) in [5.41, 5.74) is 1.81. The van der Waals surface area contributed by atoms with E-state index in [0.717, 1.165) is 5.56 Å². The third-order valence-corrected chi connectivity index (χ3v) is 2.92. The lowest BCUT2D eigenvalue weighted by Gasteiger charge is -2.04. The van der Waals surface area contributed by atoms with Crippen LogP contribution < -0.4 is 5.43 Å². The average molecular weight is 328 g/mol. The van der Waals surface area contributed by atoms with Gasteiger partial charge in [-0.2, -0.15) is 5.10 Å². The number of rotatable bonds is 3. The summed E-state index contributed by atoms with van der Waals surface area (Å²) in [4.78, 5) is 11.7. The molecule has 0 fully saturated rings. The molecule has 3 nitrogen and oxygen atoms in total. The number of nitrogens with zero attached hydrogens (tertiary/aromatic N) is 1. The van der Waals surface area contributed by atoms with Gasteiger partial charge < -0.3 is 0 Å². The predicted octanol–water partition coefficient (Wildman–Crippen LogP) is 3.45. The molecule has 8 heteroatoms.